The van der Waals surface area contributed by atoms with Gasteiger partial charge in [-0.05, 0) is 49.9 Å². The van der Waals surface area contributed by atoms with Gasteiger partial charge in [-0.1, -0.05) is 12.1 Å². The van der Waals surface area contributed by atoms with E-state index in [9.17, 15) is 4.79 Å². The van der Waals surface area contributed by atoms with Crippen molar-refractivity contribution in [2.45, 2.75) is 31.7 Å². The number of ether oxygens (including phenoxy) is 1. The third kappa shape index (κ3) is 3.57. The number of carbonyl (C=O) groups is 1. The van der Waals surface area contributed by atoms with E-state index in [0.717, 1.165) is 44.3 Å². The monoisotopic (exact) mass is 247 g/mol. The summed E-state index contributed by atoms with van der Waals surface area (Å²) in [6.07, 6.45) is 5.23. The maximum absolute atomic E-state index is 10.8. The zero-order chi connectivity index (χ0) is 12.8. The van der Waals surface area contributed by atoms with Crippen LogP contribution in [-0.4, -0.2) is 26.0 Å². The van der Waals surface area contributed by atoms with Crippen LogP contribution in [0.25, 0.3) is 0 Å². The van der Waals surface area contributed by atoms with Gasteiger partial charge in [0, 0.05) is 12.0 Å². The smallest absolute Gasteiger partial charge is 0.123 e. The number of carbonyl (C=O) groups excluding carboxylic acids is 1. The van der Waals surface area contributed by atoms with Crippen molar-refractivity contribution in [3.63, 3.8) is 0 Å². The van der Waals surface area contributed by atoms with Gasteiger partial charge in [-0.15, -0.1) is 0 Å². The Labute approximate surface area is 109 Å². The van der Waals surface area contributed by atoms with Crippen LogP contribution in [0.3, 0.4) is 0 Å². The van der Waals surface area contributed by atoms with Crippen molar-refractivity contribution in [2.24, 2.45) is 5.92 Å². The first-order valence-corrected chi connectivity index (χ1v) is 6.63. The molecule has 0 aromatic heterocycles. The van der Waals surface area contributed by atoms with Gasteiger partial charge in [0.2, 0.25) is 0 Å². The molecule has 1 aliphatic heterocycles. The molecule has 1 aromatic carbocycles. The number of aryl methyl sites for hydroxylation is 1. The highest BCUT2D eigenvalue weighted by Crippen LogP contribution is 2.19. The average molecular weight is 247 g/mol. The molecule has 1 saturated heterocycles. The molecule has 0 amide bonds. The first-order chi connectivity index (χ1) is 8.81. The number of methoxy groups -OCH3 is 1. The largest absolute Gasteiger partial charge is 0.497 e. The fourth-order valence-corrected chi connectivity index (χ4v) is 2.52. The molecule has 0 saturated carbocycles. The number of piperidine rings is 1. The second kappa shape index (κ2) is 6.55. The lowest BCUT2D eigenvalue weighted by molar-refractivity contribution is -0.112. The third-order valence-electron chi connectivity index (χ3n) is 3.67. The van der Waals surface area contributed by atoms with Crippen LogP contribution in [-0.2, 0) is 11.2 Å². The lowest BCUT2D eigenvalue weighted by Gasteiger charge is -2.27. The van der Waals surface area contributed by atoms with E-state index in [1.165, 1.54) is 5.56 Å². The Morgan fingerprint density at radius 1 is 1.39 bits per heavy atom. The van der Waals surface area contributed by atoms with Crippen molar-refractivity contribution in [3.05, 3.63) is 29.8 Å². The van der Waals surface area contributed by atoms with E-state index < -0.39 is 0 Å². The van der Waals surface area contributed by atoms with Gasteiger partial charge in [-0.3, -0.25) is 0 Å². The highest BCUT2D eigenvalue weighted by Gasteiger charge is 2.20. The summed E-state index contributed by atoms with van der Waals surface area (Å²) in [5.41, 5.74) is 1.32. The SMILES string of the molecule is COc1ccc(CCC2CC(C=O)CCN2)cc1. The Balaban J connectivity index is 1.81. The molecule has 1 heterocycles. The molecule has 1 aliphatic rings. The molecule has 1 aromatic rings. The summed E-state index contributed by atoms with van der Waals surface area (Å²) in [5, 5.41) is 3.49. The summed E-state index contributed by atoms with van der Waals surface area (Å²) in [7, 11) is 1.68. The quantitative estimate of drug-likeness (QED) is 0.811. The topological polar surface area (TPSA) is 38.3 Å². The van der Waals surface area contributed by atoms with E-state index in [2.05, 4.69) is 17.4 Å². The van der Waals surface area contributed by atoms with E-state index in [4.69, 9.17) is 4.74 Å². The van der Waals surface area contributed by atoms with Gasteiger partial charge in [-0.2, -0.15) is 0 Å². The van der Waals surface area contributed by atoms with Crippen LogP contribution in [0.4, 0.5) is 0 Å². The van der Waals surface area contributed by atoms with Crippen LogP contribution in [0.2, 0.25) is 0 Å². The fourth-order valence-electron chi connectivity index (χ4n) is 2.52. The van der Waals surface area contributed by atoms with Crippen LogP contribution < -0.4 is 10.1 Å². The summed E-state index contributed by atoms with van der Waals surface area (Å²) in [6.45, 7) is 0.969. The number of rotatable bonds is 5. The lowest BCUT2D eigenvalue weighted by atomic mass is 9.90. The van der Waals surface area contributed by atoms with Crippen LogP contribution >= 0.6 is 0 Å². The van der Waals surface area contributed by atoms with Gasteiger partial charge in [0.25, 0.3) is 0 Å². The Bertz CT molecular complexity index is 375. The molecule has 0 bridgehead atoms. The Morgan fingerprint density at radius 3 is 2.83 bits per heavy atom. The molecule has 18 heavy (non-hydrogen) atoms. The zero-order valence-corrected chi connectivity index (χ0v) is 10.9. The summed E-state index contributed by atoms with van der Waals surface area (Å²) in [6, 6.07) is 8.70. The molecule has 3 nitrogen and oxygen atoms in total. The van der Waals surface area contributed by atoms with Gasteiger partial charge in [0.05, 0.1) is 7.11 Å². The van der Waals surface area contributed by atoms with E-state index in [1.54, 1.807) is 7.11 Å². The van der Waals surface area contributed by atoms with Crippen LogP contribution in [0, 0.1) is 5.92 Å². The second-order valence-electron chi connectivity index (χ2n) is 4.96. The lowest BCUT2D eigenvalue weighted by Crippen LogP contribution is -2.38. The molecular formula is C15H21NO2. The maximum Gasteiger partial charge on any atom is 0.123 e. The number of hydrogen-bond donors (Lipinski definition) is 1. The van der Waals surface area contributed by atoms with Gasteiger partial charge in [0.1, 0.15) is 12.0 Å². The number of nitrogens with one attached hydrogen (secondary N) is 1. The van der Waals surface area contributed by atoms with E-state index in [0.29, 0.717) is 6.04 Å². The Morgan fingerprint density at radius 2 is 2.17 bits per heavy atom. The van der Waals surface area contributed by atoms with Crippen LogP contribution in [0.15, 0.2) is 24.3 Å². The molecule has 0 aliphatic carbocycles. The standard InChI is InChI=1S/C15H21NO2/c1-18-15-6-3-12(4-7-15)2-5-14-10-13(11-17)8-9-16-14/h3-4,6-7,11,13-14,16H,2,5,8-10H2,1H3. The van der Waals surface area contributed by atoms with Gasteiger partial charge in [-0.25, -0.2) is 0 Å². The molecule has 2 unspecified atom stereocenters. The Hall–Kier alpha value is -1.35. The minimum absolute atomic E-state index is 0.257. The summed E-state index contributed by atoms with van der Waals surface area (Å²) >= 11 is 0. The number of hydrogen-bond acceptors (Lipinski definition) is 3. The molecule has 98 valence electrons. The van der Waals surface area contributed by atoms with Crippen molar-refractivity contribution in [1.29, 1.82) is 0 Å². The third-order valence-corrected chi connectivity index (χ3v) is 3.67. The summed E-state index contributed by atoms with van der Waals surface area (Å²) in [4.78, 5) is 10.8. The zero-order valence-electron chi connectivity index (χ0n) is 10.9. The van der Waals surface area contributed by atoms with Gasteiger partial charge >= 0.3 is 0 Å². The first-order valence-electron chi connectivity index (χ1n) is 6.63. The normalized spacial score (nSPS) is 23.6. The van der Waals surface area contributed by atoms with Gasteiger partial charge in [0.15, 0.2) is 0 Å². The molecule has 0 radical (unpaired) electrons. The van der Waals surface area contributed by atoms with Crippen molar-refractivity contribution < 1.29 is 9.53 Å². The van der Waals surface area contributed by atoms with E-state index >= 15 is 0 Å². The molecule has 2 rings (SSSR count). The minimum Gasteiger partial charge on any atom is -0.497 e. The number of benzene rings is 1. The molecular weight excluding hydrogens is 226 g/mol. The van der Waals surface area contributed by atoms with E-state index in [1.807, 2.05) is 12.1 Å². The molecule has 1 fully saturated rings. The van der Waals surface area contributed by atoms with Crippen molar-refractivity contribution in [1.82, 2.24) is 5.32 Å². The van der Waals surface area contributed by atoms with Crippen molar-refractivity contribution in [2.75, 3.05) is 13.7 Å². The summed E-state index contributed by atoms with van der Waals surface area (Å²) in [5.74, 6) is 1.16. The average Bonchev–Trinajstić information content (AvgIpc) is 2.46. The molecule has 1 N–H and O–H groups in total. The highest BCUT2D eigenvalue weighted by atomic mass is 16.5. The Kier molecular flexibility index (Phi) is 4.76. The highest BCUT2D eigenvalue weighted by molar-refractivity contribution is 5.53. The van der Waals surface area contributed by atoms with Gasteiger partial charge < -0.3 is 14.8 Å². The first kappa shape index (κ1) is 13.1. The predicted molar refractivity (Wildman–Crippen MR) is 71.9 cm³/mol. The predicted octanol–water partition coefficient (Wildman–Crippen LogP) is 2.19. The fraction of sp³-hybridized carbons (Fsp3) is 0.533. The maximum atomic E-state index is 10.8. The van der Waals surface area contributed by atoms with E-state index in [-0.39, 0.29) is 5.92 Å². The second-order valence-corrected chi connectivity index (χ2v) is 4.96. The molecule has 2 atom stereocenters. The molecule has 3 heteroatoms. The van der Waals surface area contributed by atoms with Crippen molar-refractivity contribution >= 4 is 6.29 Å². The molecule has 0 spiro atoms. The van der Waals surface area contributed by atoms with Crippen LogP contribution in [0.5, 0.6) is 5.75 Å². The summed E-state index contributed by atoms with van der Waals surface area (Å²) < 4.78 is 5.14. The minimum atomic E-state index is 0.257. The van der Waals surface area contributed by atoms with Crippen molar-refractivity contribution in [3.8, 4) is 5.75 Å². The number of aldehydes is 1. The van der Waals surface area contributed by atoms with Crippen LogP contribution in [0.1, 0.15) is 24.8 Å².